The molecular formula is C50H95NO5. The Bertz CT molecular complexity index is 874. The van der Waals surface area contributed by atoms with Gasteiger partial charge in [-0.25, -0.2) is 0 Å². The van der Waals surface area contributed by atoms with Gasteiger partial charge >= 0.3 is 5.97 Å². The Hall–Kier alpha value is -1.66. The Balaban J connectivity index is 3.48. The Morgan fingerprint density at radius 2 is 0.893 bits per heavy atom. The smallest absolute Gasteiger partial charge is 0.305 e. The Kier molecular flexibility index (Phi) is 44.7. The molecule has 0 aliphatic carbocycles. The molecule has 0 saturated carbocycles. The minimum atomic E-state index is -0.676. The van der Waals surface area contributed by atoms with Crippen LogP contribution in [0.5, 0.6) is 0 Å². The van der Waals surface area contributed by atoms with Crippen LogP contribution in [-0.4, -0.2) is 47.4 Å². The van der Waals surface area contributed by atoms with Gasteiger partial charge in [-0.3, -0.25) is 9.59 Å². The van der Waals surface area contributed by atoms with E-state index in [1.54, 1.807) is 0 Å². The number of aliphatic hydroxyl groups is 2. The number of amides is 1. The molecule has 0 aliphatic rings. The first-order chi connectivity index (χ1) is 27.5. The highest BCUT2D eigenvalue weighted by molar-refractivity contribution is 5.76. The van der Waals surface area contributed by atoms with E-state index in [-0.39, 0.29) is 18.5 Å². The summed E-state index contributed by atoms with van der Waals surface area (Å²) in [7, 11) is 0. The molecule has 56 heavy (non-hydrogen) atoms. The largest absolute Gasteiger partial charge is 0.466 e. The van der Waals surface area contributed by atoms with Crippen molar-refractivity contribution < 1.29 is 24.5 Å². The second-order valence-corrected chi connectivity index (χ2v) is 16.8. The number of allylic oxidation sites excluding steroid dienone is 4. The molecule has 0 spiro atoms. The van der Waals surface area contributed by atoms with Crippen molar-refractivity contribution in [3.8, 4) is 0 Å². The molecule has 6 nitrogen and oxygen atoms in total. The molecule has 1 amide bonds. The van der Waals surface area contributed by atoms with Crippen LogP contribution < -0.4 is 5.32 Å². The summed E-state index contributed by atoms with van der Waals surface area (Å²) in [6, 6.07) is -0.555. The minimum absolute atomic E-state index is 0.0279. The predicted octanol–water partition coefficient (Wildman–Crippen LogP) is 14.3. The van der Waals surface area contributed by atoms with Crippen LogP contribution in [0.1, 0.15) is 258 Å². The lowest BCUT2D eigenvalue weighted by Gasteiger charge is -2.22. The SMILES string of the molecule is CCCCC/C=C\C/C=C\CCCCCCCC(=O)OCCCCCCCCCCCCCC(=O)NC(CO)C(O)CCCCCCCCCCCCCCC. The second-order valence-electron chi connectivity index (χ2n) is 16.8. The highest BCUT2D eigenvalue weighted by atomic mass is 16.5. The summed E-state index contributed by atoms with van der Waals surface area (Å²) in [5.41, 5.74) is 0. The summed E-state index contributed by atoms with van der Waals surface area (Å²) < 4.78 is 5.45. The number of hydrogen-bond acceptors (Lipinski definition) is 5. The summed E-state index contributed by atoms with van der Waals surface area (Å²) >= 11 is 0. The van der Waals surface area contributed by atoms with Gasteiger partial charge in [0.15, 0.2) is 0 Å². The summed E-state index contributed by atoms with van der Waals surface area (Å²) in [6.07, 6.45) is 52.7. The topological polar surface area (TPSA) is 95.9 Å². The fourth-order valence-corrected chi connectivity index (χ4v) is 7.43. The molecule has 0 aromatic carbocycles. The predicted molar refractivity (Wildman–Crippen MR) is 241 cm³/mol. The van der Waals surface area contributed by atoms with Crippen LogP contribution in [0.2, 0.25) is 0 Å². The van der Waals surface area contributed by atoms with Gasteiger partial charge in [0.1, 0.15) is 0 Å². The fraction of sp³-hybridized carbons (Fsp3) is 0.880. The molecule has 0 rings (SSSR count). The lowest BCUT2D eigenvalue weighted by molar-refractivity contribution is -0.143. The Labute approximate surface area is 348 Å². The molecule has 6 heteroatoms. The van der Waals surface area contributed by atoms with E-state index in [1.807, 2.05) is 0 Å². The number of carbonyl (C=O) groups excluding carboxylic acids is 2. The maximum atomic E-state index is 12.4. The van der Waals surface area contributed by atoms with Gasteiger partial charge in [0.05, 0.1) is 25.4 Å². The average Bonchev–Trinajstić information content (AvgIpc) is 3.20. The third-order valence-corrected chi connectivity index (χ3v) is 11.3. The van der Waals surface area contributed by atoms with E-state index >= 15 is 0 Å². The third-order valence-electron chi connectivity index (χ3n) is 11.3. The molecule has 0 fully saturated rings. The summed E-state index contributed by atoms with van der Waals surface area (Å²) in [5, 5.41) is 23.2. The summed E-state index contributed by atoms with van der Waals surface area (Å²) in [6.45, 7) is 4.87. The van der Waals surface area contributed by atoms with Crippen LogP contribution >= 0.6 is 0 Å². The molecule has 2 unspecified atom stereocenters. The number of nitrogens with one attached hydrogen (secondary N) is 1. The van der Waals surface area contributed by atoms with Crippen molar-refractivity contribution in [2.75, 3.05) is 13.2 Å². The van der Waals surface area contributed by atoms with Gasteiger partial charge in [-0.1, -0.05) is 212 Å². The van der Waals surface area contributed by atoms with Crippen molar-refractivity contribution in [1.82, 2.24) is 5.32 Å². The minimum Gasteiger partial charge on any atom is -0.466 e. The van der Waals surface area contributed by atoms with Crippen molar-refractivity contribution in [1.29, 1.82) is 0 Å². The number of ether oxygens (including phenoxy) is 1. The van der Waals surface area contributed by atoms with Gasteiger partial charge in [-0.2, -0.15) is 0 Å². The summed E-state index contributed by atoms with van der Waals surface area (Å²) in [4.78, 5) is 24.4. The maximum absolute atomic E-state index is 12.4. The van der Waals surface area contributed by atoms with Crippen LogP contribution in [0.15, 0.2) is 24.3 Å². The van der Waals surface area contributed by atoms with Crippen LogP contribution in [0.3, 0.4) is 0 Å². The molecule has 0 bridgehead atoms. The zero-order valence-corrected chi connectivity index (χ0v) is 37.4. The average molecular weight is 790 g/mol. The van der Waals surface area contributed by atoms with Crippen LogP contribution in [0, 0.1) is 0 Å². The van der Waals surface area contributed by atoms with Crippen LogP contribution in [0.25, 0.3) is 0 Å². The Morgan fingerprint density at radius 3 is 1.39 bits per heavy atom. The third kappa shape index (κ3) is 42.0. The molecule has 0 saturated heterocycles. The highest BCUT2D eigenvalue weighted by Gasteiger charge is 2.20. The number of unbranched alkanes of at least 4 members (excludes halogenated alkanes) is 30. The quantitative estimate of drug-likeness (QED) is 0.0324. The van der Waals surface area contributed by atoms with E-state index < -0.39 is 12.1 Å². The van der Waals surface area contributed by atoms with Gasteiger partial charge in [-0.15, -0.1) is 0 Å². The molecule has 0 aromatic rings. The lowest BCUT2D eigenvalue weighted by Crippen LogP contribution is -2.45. The van der Waals surface area contributed by atoms with Crippen molar-refractivity contribution in [2.24, 2.45) is 0 Å². The zero-order valence-electron chi connectivity index (χ0n) is 37.4. The van der Waals surface area contributed by atoms with E-state index in [0.29, 0.717) is 25.9 Å². The normalized spacial score (nSPS) is 12.9. The van der Waals surface area contributed by atoms with Crippen LogP contribution in [0.4, 0.5) is 0 Å². The zero-order chi connectivity index (χ0) is 40.8. The summed E-state index contributed by atoms with van der Waals surface area (Å²) in [5.74, 6) is -0.0833. The van der Waals surface area contributed by atoms with E-state index in [1.165, 1.54) is 154 Å². The number of carbonyl (C=O) groups is 2. The molecule has 3 N–H and O–H groups in total. The van der Waals surface area contributed by atoms with Crippen molar-refractivity contribution >= 4 is 11.9 Å². The molecule has 330 valence electrons. The van der Waals surface area contributed by atoms with Crippen molar-refractivity contribution in [3.63, 3.8) is 0 Å². The van der Waals surface area contributed by atoms with Crippen LogP contribution in [-0.2, 0) is 14.3 Å². The molecular weight excluding hydrogens is 695 g/mol. The fourth-order valence-electron chi connectivity index (χ4n) is 7.43. The molecule has 2 atom stereocenters. The van der Waals surface area contributed by atoms with E-state index in [9.17, 15) is 19.8 Å². The van der Waals surface area contributed by atoms with Gasteiger partial charge in [0.25, 0.3) is 0 Å². The second kappa shape index (κ2) is 46.0. The highest BCUT2D eigenvalue weighted by Crippen LogP contribution is 2.16. The standard InChI is InChI=1S/C50H95NO5/c1-3-5-7-9-11-13-15-17-18-20-24-28-32-36-40-44-50(55)56-45-41-37-33-29-25-21-23-27-31-35-39-43-49(54)51-47(46-52)48(53)42-38-34-30-26-22-19-16-14-12-10-8-6-4-2/h11,13,17-18,47-48,52-53H,3-10,12,14-16,19-46H2,1-2H3,(H,51,54)/b13-11-,18-17-. The first kappa shape index (κ1) is 54.3. The first-order valence-electron chi connectivity index (χ1n) is 24.6. The lowest BCUT2D eigenvalue weighted by atomic mass is 10.0. The monoisotopic (exact) mass is 790 g/mol. The van der Waals surface area contributed by atoms with Crippen molar-refractivity contribution in [3.05, 3.63) is 24.3 Å². The first-order valence-corrected chi connectivity index (χ1v) is 24.6. The number of hydrogen-bond donors (Lipinski definition) is 3. The molecule has 0 aliphatic heterocycles. The number of aliphatic hydroxyl groups excluding tert-OH is 2. The van der Waals surface area contributed by atoms with E-state index in [2.05, 4.69) is 43.5 Å². The molecule has 0 heterocycles. The van der Waals surface area contributed by atoms with Crippen molar-refractivity contribution in [2.45, 2.75) is 270 Å². The number of rotatable bonds is 45. The molecule has 0 radical (unpaired) electrons. The van der Waals surface area contributed by atoms with E-state index in [4.69, 9.17) is 4.74 Å². The van der Waals surface area contributed by atoms with E-state index in [0.717, 1.165) is 70.6 Å². The van der Waals surface area contributed by atoms with Gasteiger partial charge in [-0.05, 0) is 57.8 Å². The maximum Gasteiger partial charge on any atom is 0.305 e. The van der Waals surface area contributed by atoms with Gasteiger partial charge in [0.2, 0.25) is 5.91 Å². The van der Waals surface area contributed by atoms with Gasteiger partial charge in [0, 0.05) is 12.8 Å². The molecule has 0 aromatic heterocycles. The Morgan fingerprint density at radius 1 is 0.500 bits per heavy atom. The number of esters is 1. The van der Waals surface area contributed by atoms with Gasteiger partial charge < -0.3 is 20.3 Å².